The van der Waals surface area contributed by atoms with Crippen LogP contribution in [0.4, 0.5) is 0 Å². The second-order valence-corrected chi connectivity index (χ2v) is 6.49. The molecule has 0 aromatic heterocycles. The molecular weight excluding hydrogens is 465 g/mol. The maximum Gasteiger partial charge on any atom is 0.191 e. The van der Waals surface area contributed by atoms with E-state index in [1.165, 1.54) is 11.1 Å². The lowest BCUT2D eigenvalue weighted by Gasteiger charge is -2.20. The van der Waals surface area contributed by atoms with Crippen molar-refractivity contribution in [2.45, 2.75) is 32.9 Å². The molecule has 0 radical (unpaired) electrons. The van der Waals surface area contributed by atoms with E-state index in [1.807, 2.05) is 12.1 Å². The van der Waals surface area contributed by atoms with Gasteiger partial charge in [-0.25, -0.2) is 0 Å². The highest BCUT2D eigenvalue weighted by Gasteiger charge is 2.09. The van der Waals surface area contributed by atoms with E-state index in [0.717, 1.165) is 23.7 Å². The number of halogens is 1. The van der Waals surface area contributed by atoms with Crippen molar-refractivity contribution in [3.05, 3.63) is 65.2 Å². The van der Waals surface area contributed by atoms with Crippen LogP contribution in [0.5, 0.6) is 5.75 Å². The first-order valence-corrected chi connectivity index (χ1v) is 9.37. The van der Waals surface area contributed by atoms with E-state index in [9.17, 15) is 0 Å². The average Bonchev–Trinajstić information content (AvgIpc) is 2.69. The van der Waals surface area contributed by atoms with Gasteiger partial charge in [0.2, 0.25) is 0 Å². The lowest BCUT2D eigenvalue weighted by atomic mass is 10.0. The molecule has 0 spiro atoms. The molecule has 0 aliphatic carbocycles. The Morgan fingerprint density at radius 3 is 2.61 bits per heavy atom. The average molecular weight is 497 g/mol. The smallest absolute Gasteiger partial charge is 0.191 e. The number of guanidine groups is 1. The predicted octanol–water partition coefficient (Wildman–Crippen LogP) is 4.45. The van der Waals surface area contributed by atoms with Crippen molar-refractivity contribution < 1.29 is 9.47 Å². The topological polar surface area (TPSA) is 54.9 Å². The van der Waals surface area contributed by atoms with E-state index in [4.69, 9.17) is 9.47 Å². The largest absolute Gasteiger partial charge is 0.493 e. The van der Waals surface area contributed by atoms with E-state index >= 15 is 0 Å². The van der Waals surface area contributed by atoms with Crippen LogP contribution in [0.15, 0.2) is 53.5 Å². The molecule has 154 valence electrons. The van der Waals surface area contributed by atoms with Gasteiger partial charge in [-0.3, -0.25) is 4.99 Å². The summed E-state index contributed by atoms with van der Waals surface area (Å²) in [7, 11) is 3.49. The zero-order chi connectivity index (χ0) is 19.5. The summed E-state index contributed by atoms with van der Waals surface area (Å²) in [6.45, 7) is 6.31. The van der Waals surface area contributed by atoms with E-state index in [-0.39, 0.29) is 30.0 Å². The Labute approximate surface area is 186 Å². The predicted molar refractivity (Wildman–Crippen MR) is 127 cm³/mol. The zero-order valence-electron chi connectivity index (χ0n) is 17.2. The van der Waals surface area contributed by atoms with E-state index in [1.54, 1.807) is 14.2 Å². The monoisotopic (exact) mass is 497 g/mol. The number of aryl methyl sites for hydroxylation is 1. The fourth-order valence-corrected chi connectivity index (χ4v) is 2.87. The first-order chi connectivity index (χ1) is 13.1. The molecule has 6 heteroatoms. The maximum atomic E-state index is 5.76. The van der Waals surface area contributed by atoms with Gasteiger partial charge in [0.1, 0.15) is 5.75 Å². The van der Waals surface area contributed by atoms with Crippen LogP contribution >= 0.6 is 24.0 Å². The first-order valence-electron chi connectivity index (χ1n) is 9.37. The van der Waals surface area contributed by atoms with E-state index < -0.39 is 0 Å². The molecule has 0 bridgehead atoms. The Hall–Kier alpha value is -1.80. The van der Waals surface area contributed by atoms with Gasteiger partial charge in [0.05, 0.1) is 12.6 Å². The summed E-state index contributed by atoms with van der Waals surface area (Å²) in [5.41, 5.74) is 3.68. The number of methoxy groups -OCH3 is 1. The van der Waals surface area contributed by atoms with Gasteiger partial charge in [-0.05, 0) is 42.7 Å². The second-order valence-electron chi connectivity index (χ2n) is 6.49. The summed E-state index contributed by atoms with van der Waals surface area (Å²) in [5.74, 6) is 1.65. The number of aliphatic imine (C=N–C) groups is 1. The molecule has 2 N–H and O–H groups in total. The highest BCUT2D eigenvalue weighted by Crippen LogP contribution is 2.17. The number of ether oxygens (including phenoxy) is 2. The minimum atomic E-state index is 0. The van der Waals surface area contributed by atoms with Crippen LogP contribution in [-0.4, -0.2) is 33.3 Å². The molecule has 0 saturated carbocycles. The number of hydrogen-bond acceptors (Lipinski definition) is 3. The molecule has 2 aromatic rings. The minimum Gasteiger partial charge on any atom is -0.493 e. The van der Waals surface area contributed by atoms with Crippen LogP contribution in [0.1, 0.15) is 36.1 Å². The fraction of sp³-hybridized carbons (Fsp3) is 0.409. The van der Waals surface area contributed by atoms with Crippen molar-refractivity contribution in [3.8, 4) is 5.75 Å². The zero-order valence-corrected chi connectivity index (χ0v) is 19.5. The van der Waals surface area contributed by atoms with Gasteiger partial charge in [-0.1, -0.05) is 36.4 Å². The number of nitrogens with zero attached hydrogens (tertiary/aromatic N) is 1. The molecule has 0 heterocycles. The molecule has 0 fully saturated rings. The maximum absolute atomic E-state index is 5.76. The van der Waals surface area contributed by atoms with Gasteiger partial charge in [-0.15, -0.1) is 24.0 Å². The molecule has 2 rings (SSSR count). The number of hydrogen-bond donors (Lipinski definition) is 2. The Bertz CT molecular complexity index is 737. The highest BCUT2D eigenvalue weighted by atomic mass is 127. The summed E-state index contributed by atoms with van der Waals surface area (Å²) in [6, 6.07) is 16.7. The lowest BCUT2D eigenvalue weighted by Crippen LogP contribution is -2.38. The molecule has 1 atom stereocenters. The SMILES string of the molecule is CN=C(NCc1cccc(OCCCOC)c1)NC(C)c1ccccc1C.I. The van der Waals surface area contributed by atoms with Gasteiger partial charge in [0, 0.05) is 33.7 Å². The molecule has 0 saturated heterocycles. The normalized spacial score (nSPS) is 12.1. The third-order valence-electron chi connectivity index (χ3n) is 4.35. The van der Waals surface area contributed by atoms with Crippen LogP contribution in [0, 0.1) is 6.92 Å². The van der Waals surface area contributed by atoms with Gasteiger partial charge in [0.15, 0.2) is 5.96 Å². The molecule has 2 aromatic carbocycles. The number of nitrogens with one attached hydrogen (secondary N) is 2. The highest BCUT2D eigenvalue weighted by molar-refractivity contribution is 14.0. The third-order valence-corrected chi connectivity index (χ3v) is 4.35. The number of benzene rings is 2. The van der Waals surface area contributed by atoms with Crippen molar-refractivity contribution in [1.82, 2.24) is 10.6 Å². The van der Waals surface area contributed by atoms with Crippen LogP contribution in [-0.2, 0) is 11.3 Å². The van der Waals surface area contributed by atoms with Crippen LogP contribution in [0.25, 0.3) is 0 Å². The van der Waals surface area contributed by atoms with Crippen molar-refractivity contribution in [1.29, 1.82) is 0 Å². The summed E-state index contributed by atoms with van der Waals surface area (Å²) in [6.07, 6.45) is 0.881. The Kier molecular flexibility index (Phi) is 11.6. The van der Waals surface area contributed by atoms with Crippen molar-refractivity contribution in [2.24, 2.45) is 4.99 Å². The molecule has 0 aliphatic heterocycles. The molecule has 28 heavy (non-hydrogen) atoms. The number of rotatable bonds is 9. The molecule has 0 amide bonds. The van der Waals surface area contributed by atoms with E-state index in [0.29, 0.717) is 19.8 Å². The second kappa shape index (κ2) is 13.4. The quantitative estimate of drug-likeness (QED) is 0.233. The molecular formula is C22H32IN3O2. The summed E-state index contributed by atoms with van der Waals surface area (Å²) in [4.78, 5) is 4.34. The Morgan fingerprint density at radius 2 is 1.89 bits per heavy atom. The van der Waals surface area contributed by atoms with Gasteiger partial charge in [0.25, 0.3) is 0 Å². The Balaban J connectivity index is 0.00000392. The van der Waals surface area contributed by atoms with Crippen molar-refractivity contribution in [2.75, 3.05) is 27.4 Å². The van der Waals surface area contributed by atoms with Crippen LogP contribution in [0.3, 0.4) is 0 Å². The van der Waals surface area contributed by atoms with Crippen molar-refractivity contribution in [3.63, 3.8) is 0 Å². The van der Waals surface area contributed by atoms with Gasteiger partial charge < -0.3 is 20.1 Å². The Morgan fingerprint density at radius 1 is 1.11 bits per heavy atom. The summed E-state index contributed by atoms with van der Waals surface area (Å²) in [5, 5.41) is 6.82. The molecule has 0 aliphatic rings. The third kappa shape index (κ3) is 8.06. The van der Waals surface area contributed by atoms with Crippen LogP contribution < -0.4 is 15.4 Å². The molecule has 5 nitrogen and oxygen atoms in total. The minimum absolute atomic E-state index is 0. The summed E-state index contributed by atoms with van der Waals surface area (Å²) < 4.78 is 10.8. The van der Waals surface area contributed by atoms with Gasteiger partial charge >= 0.3 is 0 Å². The lowest BCUT2D eigenvalue weighted by molar-refractivity contribution is 0.172. The molecule has 1 unspecified atom stereocenters. The van der Waals surface area contributed by atoms with Crippen molar-refractivity contribution >= 4 is 29.9 Å². The van der Waals surface area contributed by atoms with E-state index in [2.05, 4.69) is 65.9 Å². The standard InChI is InChI=1S/C22H31N3O2.HI/c1-17-9-5-6-12-21(17)18(2)25-22(23-3)24-16-19-10-7-11-20(15-19)27-14-8-13-26-4;/h5-7,9-12,15,18H,8,13-14,16H2,1-4H3,(H2,23,24,25);1H. The van der Waals surface area contributed by atoms with Gasteiger partial charge in [-0.2, -0.15) is 0 Å². The summed E-state index contributed by atoms with van der Waals surface area (Å²) >= 11 is 0. The van der Waals surface area contributed by atoms with Crippen LogP contribution in [0.2, 0.25) is 0 Å². The fourth-order valence-electron chi connectivity index (χ4n) is 2.87. The first kappa shape index (κ1) is 24.2.